The number of pyridine rings is 1. The zero-order valence-corrected chi connectivity index (χ0v) is 13.5. The van der Waals surface area contributed by atoms with E-state index in [4.69, 9.17) is 0 Å². The summed E-state index contributed by atoms with van der Waals surface area (Å²) >= 11 is 3.53. The van der Waals surface area contributed by atoms with E-state index in [1.807, 2.05) is 12.3 Å². The highest BCUT2D eigenvalue weighted by Crippen LogP contribution is 2.23. The molecule has 21 heavy (non-hydrogen) atoms. The van der Waals surface area contributed by atoms with Gasteiger partial charge in [-0.2, -0.15) is 0 Å². The number of aromatic nitrogens is 1. The standard InChI is InChI=1S/C18H17BrN2/c1-2-13-11-15(19)7-8-17(13)21-12-14-9-10-20-18-6-4-3-5-16(14)18/h3-11,21H,2,12H2,1H3. The van der Waals surface area contributed by atoms with Crippen molar-refractivity contribution in [3.63, 3.8) is 0 Å². The fourth-order valence-corrected chi connectivity index (χ4v) is 2.94. The molecule has 0 spiro atoms. The molecular weight excluding hydrogens is 324 g/mol. The fraction of sp³-hybridized carbons (Fsp3) is 0.167. The first-order chi connectivity index (χ1) is 10.3. The van der Waals surface area contributed by atoms with Gasteiger partial charge in [-0.15, -0.1) is 0 Å². The molecule has 3 rings (SSSR count). The van der Waals surface area contributed by atoms with Gasteiger partial charge in [0.2, 0.25) is 0 Å². The Hall–Kier alpha value is -1.87. The summed E-state index contributed by atoms with van der Waals surface area (Å²) in [4.78, 5) is 4.41. The summed E-state index contributed by atoms with van der Waals surface area (Å²) in [5.74, 6) is 0. The zero-order chi connectivity index (χ0) is 14.7. The molecule has 3 heteroatoms. The maximum Gasteiger partial charge on any atom is 0.0705 e. The van der Waals surface area contributed by atoms with Crippen LogP contribution in [0.2, 0.25) is 0 Å². The molecule has 0 amide bonds. The number of halogens is 1. The Bertz CT molecular complexity index is 763. The number of aryl methyl sites for hydroxylation is 1. The first-order valence-corrected chi connectivity index (χ1v) is 7.92. The van der Waals surface area contributed by atoms with Crippen molar-refractivity contribution in [1.82, 2.24) is 4.98 Å². The van der Waals surface area contributed by atoms with Gasteiger partial charge in [0.25, 0.3) is 0 Å². The average Bonchev–Trinajstić information content (AvgIpc) is 2.53. The number of nitrogens with one attached hydrogen (secondary N) is 1. The number of hydrogen-bond donors (Lipinski definition) is 1. The van der Waals surface area contributed by atoms with Gasteiger partial charge in [0.05, 0.1) is 5.52 Å². The van der Waals surface area contributed by atoms with E-state index in [1.165, 1.54) is 22.2 Å². The van der Waals surface area contributed by atoms with Crippen LogP contribution in [0.25, 0.3) is 10.9 Å². The van der Waals surface area contributed by atoms with Gasteiger partial charge in [-0.3, -0.25) is 4.98 Å². The first kappa shape index (κ1) is 14.1. The van der Waals surface area contributed by atoms with Crippen LogP contribution in [0.4, 0.5) is 5.69 Å². The first-order valence-electron chi connectivity index (χ1n) is 7.13. The molecule has 0 saturated heterocycles. The van der Waals surface area contributed by atoms with E-state index in [0.717, 1.165) is 23.0 Å². The lowest BCUT2D eigenvalue weighted by Crippen LogP contribution is -2.03. The normalized spacial score (nSPS) is 10.8. The van der Waals surface area contributed by atoms with Crippen molar-refractivity contribution < 1.29 is 0 Å². The van der Waals surface area contributed by atoms with Crippen molar-refractivity contribution in [2.75, 3.05) is 5.32 Å². The zero-order valence-electron chi connectivity index (χ0n) is 11.9. The van der Waals surface area contributed by atoms with Gasteiger partial charge in [-0.1, -0.05) is 41.1 Å². The lowest BCUT2D eigenvalue weighted by Gasteiger charge is -2.13. The third kappa shape index (κ3) is 3.08. The van der Waals surface area contributed by atoms with E-state index in [9.17, 15) is 0 Å². The number of anilines is 1. The summed E-state index contributed by atoms with van der Waals surface area (Å²) in [6.45, 7) is 2.98. The van der Waals surface area contributed by atoms with Crippen LogP contribution in [-0.4, -0.2) is 4.98 Å². The third-order valence-corrected chi connectivity index (χ3v) is 4.15. The molecule has 0 aliphatic rings. The largest absolute Gasteiger partial charge is 0.381 e. The molecule has 0 aliphatic carbocycles. The quantitative estimate of drug-likeness (QED) is 0.708. The predicted molar refractivity (Wildman–Crippen MR) is 92.6 cm³/mol. The van der Waals surface area contributed by atoms with Crippen LogP contribution in [0.1, 0.15) is 18.1 Å². The van der Waals surface area contributed by atoms with Crippen LogP contribution >= 0.6 is 15.9 Å². The lowest BCUT2D eigenvalue weighted by atomic mass is 10.1. The second kappa shape index (κ2) is 6.27. The van der Waals surface area contributed by atoms with E-state index in [0.29, 0.717) is 0 Å². The Balaban J connectivity index is 1.87. The molecule has 0 saturated carbocycles. The molecule has 1 aromatic heterocycles. The van der Waals surface area contributed by atoms with Gasteiger partial charge >= 0.3 is 0 Å². The summed E-state index contributed by atoms with van der Waals surface area (Å²) < 4.78 is 1.12. The molecule has 0 fully saturated rings. The highest BCUT2D eigenvalue weighted by molar-refractivity contribution is 9.10. The summed E-state index contributed by atoms with van der Waals surface area (Å²) in [7, 11) is 0. The lowest BCUT2D eigenvalue weighted by molar-refractivity contribution is 1.09. The number of hydrogen-bond acceptors (Lipinski definition) is 2. The van der Waals surface area contributed by atoms with Gasteiger partial charge in [0, 0.05) is 28.3 Å². The van der Waals surface area contributed by atoms with Crippen LogP contribution in [0.5, 0.6) is 0 Å². The summed E-state index contributed by atoms with van der Waals surface area (Å²) in [5, 5.41) is 4.76. The molecule has 1 N–H and O–H groups in total. The molecule has 0 radical (unpaired) electrons. The average molecular weight is 341 g/mol. The Kier molecular flexibility index (Phi) is 4.20. The molecule has 0 aliphatic heterocycles. The molecule has 1 heterocycles. The van der Waals surface area contributed by atoms with Gasteiger partial charge in [0.15, 0.2) is 0 Å². The van der Waals surface area contributed by atoms with E-state index in [-0.39, 0.29) is 0 Å². The molecule has 0 atom stereocenters. The Morgan fingerprint density at radius 3 is 2.76 bits per heavy atom. The summed E-state index contributed by atoms with van der Waals surface area (Å²) in [5.41, 5.74) is 4.83. The Morgan fingerprint density at radius 2 is 1.90 bits per heavy atom. The highest BCUT2D eigenvalue weighted by Gasteiger charge is 2.04. The minimum Gasteiger partial charge on any atom is -0.381 e. The maximum absolute atomic E-state index is 4.41. The molecule has 2 nitrogen and oxygen atoms in total. The molecule has 3 aromatic rings. The topological polar surface area (TPSA) is 24.9 Å². The molecule has 0 bridgehead atoms. The van der Waals surface area contributed by atoms with Gasteiger partial charge < -0.3 is 5.32 Å². The monoisotopic (exact) mass is 340 g/mol. The SMILES string of the molecule is CCc1cc(Br)ccc1NCc1ccnc2ccccc12. The van der Waals surface area contributed by atoms with Crippen molar-refractivity contribution in [3.8, 4) is 0 Å². The number of para-hydroxylation sites is 1. The van der Waals surface area contributed by atoms with Crippen LogP contribution in [0.3, 0.4) is 0 Å². The third-order valence-electron chi connectivity index (χ3n) is 3.66. The minimum absolute atomic E-state index is 0.803. The molecule has 0 unspecified atom stereocenters. The molecular formula is C18H17BrN2. The maximum atomic E-state index is 4.41. The van der Waals surface area contributed by atoms with E-state index in [2.05, 4.69) is 75.6 Å². The van der Waals surface area contributed by atoms with E-state index >= 15 is 0 Å². The van der Waals surface area contributed by atoms with Gasteiger partial charge in [-0.05, 0) is 47.9 Å². The van der Waals surface area contributed by atoms with Crippen LogP contribution in [0, 0.1) is 0 Å². The van der Waals surface area contributed by atoms with Crippen molar-refractivity contribution in [2.24, 2.45) is 0 Å². The Labute approximate surface area is 133 Å². The molecule has 106 valence electrons. The van der Waals surface area contributed by atoms with Crippen molar-refractivity contribution in [2.45, 2.75) is 19.9 Å². The van der Waals surface area contributed by atoms with E-state index < -0.39 is 0 Å². The van der Waals surface area contributed by atoms with Crippen molar-refractivity contribution >= 4 is 32.5 Å². The predicted octanol–water partition coefficient (Wildman–Crippen LogP) is 5.17. The van der Waals surface area contributed by atoms with Gasteiger partial charge in [0.1, 0.15) is 0 Å². The Morgan fingerprint density at radius 1 is 1.05 bits per heavy atom. The van der Waals surface area contributed by atoms with E-state index in [1.54, 1.807) is 0 Å². The highest BCUT2D eigenvalue weighted by atomic mass is 79.9. The number of rotatable bonds is 4. The van der Waals surface area contributed by atoms with Crippen LogP contribution in [0.15, 0.2) is 59.2 Å². The fourth-order valence-electron chi connectivity index (χ4n) is 2.53. The van der Waals surface area contributed by atoms with Crippen LogP contribution < -0.4 is 5.32 Å². The van der Waals surface area contributed by atoms with Crippen LogP contribution in [-0.2, 0) is 13.0 Å². The summed E-state index contributed by atoms with van der Waals surface area (Å²) in [6, 6.07) is 16.7. The second-order valence-corrected chi connectivity index (χ2v) is 5.91. The van der Waals surface area contributed by atoms with Gasteiger partial charge in [-0.25, -0.2) is 0 Å². The summed E-state index contributed by atoms with van der Waals surface area (Å²) in [6.07, 6.45) is 2.89. The number of fused-ring (bicyclic) bond motifs is 1. The smallest absolute Gasteiger partial charge is 0.0705 e. The molecule has 2 aromatic carbocycles. The minimum atomic E-state index is 0.803. The number of nitrogens with zero attached hydrogens (tertiary/aromatic N) is 1. The van der Waals surface area contributed by atoms with Crippen molar-refractivity contribution in [3.05, 3.63) is 70.3 Å². The number of benzene rings is 2. The second-order valence-electron chi connectivity index (χ2n) is 5.00. The van der Waals surface area contributed by atoms with Crippen molar-refractivity contribution in [1.29, 1.82) is 0 Å².